The van der Waals surface area contributed by atoms with E-state index in [0.717, 1.165) is 31.4 Å². The van der Waals surface area contributed by atoms with Crippen LogP contribution in [0.25, 0.3) is 32.6 Å². The van der Waals surface area contributed by atoms with Crippen molar-refractivity contribution < 1.29 is 0 Å². The van der Waals surface area contributed by atoms with Crippen LogP contribution in [0, 0.1) is 0 Å². The molecule has 132 valence electrons. The summed E-state index contributed by atoms with van der Waals surface area (Å²) in [5, 5.41) is 14.9. The summed E-state index contributed by atoms with van der Waals surface area (Å²) in [4.78, 5) is 7.04. The van der Waals surface area contributed by atoms with Crippen molar-refractivity contribution in [3.63, 3.8) is 0 Å². The van der Waals surface area contributed by atoms with E-state index in [9.17, 15) is 0 Å². The van der Waals surface area contributed by atoms with E-state index >= 15 is 0 Å². The zero-order chi connectivity index (χ0) is 18.4. The molecule has 0 fully saturated rings. The molecule has 5 rings (SSSR count). The SMILES string of the molecule is Clc1ccc(-c2cn3nc(-c4cnn(-c5ccc(Br)cc5)n4)sc3n2)cc1. The van der Waals surface area contributed by atoms with Gasteiger partial charge in [-0.05, 0) is 36.4 Å². The van der Waals surface area contributed by atoms with Crippen LogP contribution in [-0.2, 0) is 0 Å². The normalized spacial score (nSPS) is 11.3. The first-order valence-corrected chi connectivity index (χ1v) is 9.95. The predicted molar refractivity (Wildman–Crippen MR) is 109 cm³/mol. The molecule has 2 aromatic carbocycles. The van der Waals surface area contributed by atoms with Crippen LogP contribution in [0.15, 0.2) is 65.4 Å². The number of hydrogen-bond acceptors (Lipinski definition) is 5. The fourth-order valence-corrected chi connectivity index (χ4v) is 3.84. The number of imidazole rings is 1. The molecular weight excluding hydrogens is 448 g/mol. The Morgan fingerprint density at radius 1 is 0.926 bits per heavy atom. The minimum Gasteiger partial charge on any atom is -0.217 e. The topological polar surface area (TPSA) is 60.9 Å². The van der Waals surface area contributed by atoms with Gasteiger partial charge in [0.25, 0.3) is 0 Å². The van der Waals surface area contributed by atoms with Crippen molar-refractivity contribution in [3.8, 4) is 27.6 Å². The summed E-state index contributed by atoms with van der Waals surface area (Å²) in [5.41, 5.74) is 3.45. The van der Waals surface area contributed by atoms with E-state index in [1.165, 1.54) is 11.3 Å². The minimum absolute atomic E-state index is 0.703. The molecule has 6 nitrogen and oxygen atoms in total. The Kier molecular flexibility index (Phi) is 4.04. The van der Waals surface area contributed by atoms with E-state index in [1.54, 1.807) is 15.5 Å². The van der Waals surface area contributed by atoms with Crippen LogP contribution in [0.5, 0.6) is 0 Å². The van der Waals surface area contributed by atoms with Crippen LogP contribution in [0.3, 0.4) is 0 Å². The quantitative estimate of drug-likeness (QED) is 0.377. The van der Waals surface area contributed by atoms with E-state index in [2.05, 4.69) is 36.2 Å². The molecule has 3 aromatic heterocycles. The monoisotopic (exact) mass is 456 g/mol. The van der Waals surface area contributed by atoms with E-state index in [-0.39, 0.29) is 0 Å². The fourth-order valence-electron chi connectivity index (χ4n) is 2.62. The van der Waals surface area contributed by atoms with E-state index in [0.29, 0.717) is 10.7 Å². The van der Waals surface area contributed by atoms with Crippen molar-refractivity contribution in [2.45, 2.75) is 0 Å². The molecule has 0 amide bonds. The Morgan fingerprint density at radius 2 is 1.70 bits per heavy atom. The van der Waals surface area contributed by atoms with Crippen molar-refractivity contribution in [3.05, 3.63) is 70.4 Å². The largest absolute Gasteiger partial charge is 0.217 e. The molecule has 0 saturated heterocycles. The number of nitrogens with zero attached hydrogens (tertiary/aromatic N) is 6. The second-order valence-corrected chi connectivity index (χ2v) is 8.07. The van der Waals surface area contributed by atoms with Crippen LogP contribution in [0.2, 0.25) is 5.02 Å². The third-order valence-corrected chi connectivity index (χ3v) is 5.68. The van der Waals surface area contributed by atoms with Gasteiger partial charge < -0.3 is 0 Å². The summed E-state index contributed by atoms with van der Waals surface area (Å²) in [6, 6.07) is 15.4. The Morgan fingerprint density at radius 3 is 2.44 bits per heavy atom. The van der Waals surface area contributed by atoms with Gasteiger partial charge in [0.2, 0.25) is 4.96 Å². The zero-order valence-electron chi connectivity index (χ0n) is 13.6. The Bertz CT molecular complexity index is 1210. The first kappa shape index (κ1) is 16.6. The van der Waals surface area contributed by atoms with Gasteiger partial charge in [-0.15, -0.1) is 5.10 Å². The molecule has 0 N–H and O–H groups in total. The first-order valence-electron chi connectivity index (χ1n) is 7.96. The highest BCUT2D eigenvalue weighted by Crippen LogP contribution is 2.27. The average Bonchev–Trinajstić information content (AvgIpc) is 3.37. The van der Waals surface area contributed by atoms with Crippen molar-refractivity contribution in [1.82, 2.24) is 29.6 Å². The number of hydrogen-bond donors (Lipinski definition) is 0. The number of fused-ring (bicyclic) bond motifs is 1. The van der Waals surface area contributed by atoms with Gasteiger partial charge >= 0.3 is 0 Å². The first-order chi connectivity index (χ1) is 13.2. The zero-order valence-corrected chi connectivity index (χ0v) is 16.8. The minimum atomic E-state index is 0.703. The van der Waals surface area contributed by atoms with Crippen LogP contribution in [0.4, 0.5) is 0 Å². The highest BCUT2D eigenvalue weighted by atomic mass is 79.9. The molecule has 0 aliphatic rings. The van der Waals surface area contributed by atoms with Gasteiger partial charge in [-0.1, -0.05) is 51.0 Å². The lowest BCUT2D eigenvalue weighted by Crippen LogP contribution is -1.98. The van der Waals surface area contributed by atoms with Gasteiger partial charge in [0, 0.05) is 15.1 Å². The summed E-state index contributed by atoms with van der Waals surface area (Å²) in [6.07, 6.45) is 3.61. The molecule has 0 aliphatic heterocycles. The molecule has 0 spiro atoms. The van der Waals surface area contributed by atoms with Crippen molar-refractivity contribution in [2.24, 2.45) is 0 Å². The van der Waals surface area contributed by atoms with Gasteiger partial charge in [0.15, 0.2) is 5.01 Å². The molecule has 0 saturated carbocycles. The molecule has 0 radical (unpaired) electrons. The van der Waals surface area contributed by atoms with Crippen molar-refractivity contribution >= 4 is 43.8 Å². The van der Waals surface area contributed by atoms with Gasteiger partial charge in [0.1, 0.15) is 5.69 Å². The number of benzene rings is 2. The van der Waals surface area contributed by atoms with Crippen molar-refractivity contribution in [1.29, 1.82) is 0 Å². The predicted octanol–water partition coefficient (Wildman–Crippen LogP) is 5.12. The molecule has 0 unspecified atom stereocenters. The summed E-state index contributed by atoms with van der Waals surface area (Å²) in [5.74, 6) is 0. The molecule has 27 heavy (non-hydrogen) atoms. The van der Waals surface area contributed by atoms with E-state index in [1.807, 2.05) is 54.7 Å². The molecule has 0 atom stereocenters. The van der Waals surface area contributed by atoms with E-state index in [4.69, 9.17) is 11.6 Å². The van der Waals surface area contributed by atoms with Crippen LogP contribution in [0.1, 0.15) is 0 Å². The maximum Gasteiger partial charge on any atom is 0.213 e. The summed E-state index contributed by atoms with van der Waals surface area (Å²) in [7, 11) is 0. The highest BCUT2D eigenvalue weighted by molar-refractivity contribution is 9.10. The van der Waals surface area contributed by atoms with Gasteiger partial charge in [0.05, 0.1) is 23.8 Å². The molecule has 0 bridgehead atoms. The standard InChI is InChI=1S/C18H10BrClN6S/c19-12-3-7-14(8-4-12)26-21-9-15(23-26)17-24-25-10-16(22-18(25)27-17)11-1-5-13(20)6-2-11/h1-10H. The lowest BCUT2D eigenvalue weighted by Gasteiger charge is -1.98. The molecule has 0 aliphatic carbocycles. The summed E-state index contributed by atoms with van der Waals surface area (Å²) in [6.45, 7) is 0. The highest BCUT2D eigenvalue weighted by Gasteiger charge is 2.14. The van der Waals surface area contributed by atoms with E-state index < -0.39 is 0 Å². The number of halogens is 2. The van der Waals surface area contributed by atoms with Gasteiger partial charge in [-0.3, -0.25) is 0 Å². The smallest absolute Gasteiger partial charge is 0.213 e. The van der Waals surface area contributed by atoms with Crippen LogP contribution < -0.4 is 0 Å². The Balaban J connectivity index is 1.46. The van der Waals surface area contributed by atoms with Gasteiger partial charge in [-0.25, -0.2) is 9.50 Å². The summed E-state index contributed by atoms with van der Waals surface area (Å²) < 4.78 is 2.78. The van der Waals surface area contributed by atoms with Gasteiger partial charge in [-0.2, -0.15) is 15.0 Å². The Labute approximate surface area is 171 Å². The molecule has 3 heterocycles. The third-order valence-electron chi connectivity index (χ3n) is 3.95. The summed E-state index contributed by atoms with van der Waals surface area (Å²) >= 11 is 10.8. The molecule has 5 aromatic rings. The molecule has 9 heteroatoms. The number of aromatic nitrogens is 6. The molecular formula is C18H10BrClN6S. The lowest BCUT2D eigenvalue weighted by molar-refractivity contribution is 0.753. The second-order valence-electron chi connectivity index (χ2n) is 5.76. The number of rotatable bonds is 3. The third kappa shape index (κ3) is 3.16. The average molecular weight is 458 g/mol. The maximum absolute atomic E-state index is 5.95. The van der Waals surface area contributed by atoms with Crippen LogP contribution >= 0.6 is 38.9 Å². The maximum atomic E-state index is 5.95. The Hall–Kier alpha value is -2.55. The lowest BCUT2D eigenvalue weighted by atomic mass is 10.2. The van der Waals surface area contributed by atoms with Crippen LogP contribution in [-0.4, -0.2) is 29.6 Å². The fraction of sp³-hybridized carbons (Fsp3) is 0. The van der Waals surface area contributed by atoms with Crippen molar-refractivity contribution in [2.75, 3.05) is 0 Å². The second kappa shape index (κ2) is 6.56.